The molecule has 36 heavy (non-hydrogen) atoms. The third-order valence-corrected chi connectivity index (χ3v) is 6.41. The molecule has 1 aromatic heterocycles. The molecule has 0 spiro atoms. The van der Waals surface area contributed by atoms with Gasteiger partial charge in [-0.05, 0) is 67.6 Å². The molecule has 2 N–H and O–H groups in total. The van der Waals surface area contributed by atoms with Gasteiger partial charge in [0.1, 0.15) is 0 Å². The molecule has 8 heteroatoms. The first-order chi connectivity index (χ1) is 17.6. The molecule has 5 rings (SSSR count). The van der Waals surface area contributed by atoms with Crippen molar-refractivity contribution in [2.45, 2.75) is 25.7 Å². The number of nitrogens with zero attached hydrogens (tertiary/aromatic N) is 2. The lowest BCUT2D eigenvalue weighted by Crippen LogP contribution is -2.20. The van der Waals surface area contributed by atoms with Gasteiger partial charge in [0, 0.05) is 25.0 Å². The highest BCUT2D eigenvalue weighted by Crippen LogP contribution is 2.33. The predicted molar refractivity (Wildman–Crippen MR) is 142 cm³/mol. The van der Waals surface area contributed by atoms with E-state index in [1.807, 2.05) is 55.5 Å². The number of hydrogen-bond donors (Lipinski definition) is 2. The Bertz CT molecular complexity index is 1350. The molecule has 184 valence electrons. The number of carbonyl (C=O) groups excluding carboxylic acids is 1. The van der Waals surface area contributed by atoms with Gasteiger partial charge in [0.2, 0.25) is 5.88 Å². The zero-order chi connectivity index (χ0) is 24.9. The van der Waals surface area contributed by atoms with Crippen LogP contribution in [0.25, 0.3) is 5.69 Å². The number of hydrogen-bond acceptors (Lipinski definition) is 4. The Morgan fingerprint density at radius 2 is 1.72 bits per heavy atom. The van der Waals surface area contributed by atoms with Crippen molar-refractivity contribution < 1.29 is 14.3 Å². The van der Waals surface area contributed by atoms with E-state index in [2.05, 4.69) is 27.9 Å². The zero-order valence-electron chi connectivity index (χ0n) is 19.9. The third-order valence-electron chi connectivity index (χ3n) is 6.09. The van der Waals surface area contributed by atoms with Crippen LogP contribution in [0, 0.1) is 6.92 Å². The second kappa shape index (κ2) is 10.8. The fourth-order valence-electron chi connectivity index (χ4n) is 4.27. The van der Waals surface area contributed by atoms with Crippen molar-refractivity contribution in [1.29, 1.82) is 0 Å². The summed E-state index contributed by atoms with van der Waals surface area (Å²) in [4.78, 5) is 12.8. The number of ether oxygens (including phenoxy) is 2. The maximum absolute atomic E-state index is 12.8. The van der Waals surface area contributed by atoms with Crippen LogP contribution in [0.3, 0.4) is 0 Å². The second-order valence-electron chi connectivity index (χ2n) is 8.67. The Kier molecular flexibility index (Phi) is 7.21. The highest BCUT2D eigenvalue weighted by atomic mass is 35.5. The molecule has 0 unspecified atom stereocenters. The molecule has 0 atom stereocenters. The van der Waals surface area contributed by atoms with E-state index in [-0.39, 0.29) is 6.03 Å². The molecule has 1 saturated heterocycles. The lowest BCUT2D eigenvalue weighted by atomic mass is 9.92. The minimum atomic E-state index is -0.361. The van der Waals surface area contributed by atoms with Crippen LogP contribution in [-0.2, 0) is 4.74 Å². The molecule has 1 aliphatic rings. The lowest BCUT2D eigenvalue weighted by molar-refractivity contribution is 0.0853. The Morgan fingerprint density at radius 1 is 1.00 bits per heavy atom. The van der Waals surface area contributed by atoms with Crippen molar-refractivity contribution in [1.82, 2.24) is 9.78 Å². The first kappa shape index (κ1) is 23.9. The van der Waals surface area contributed by atoms with Crippen LogP contribution in [0.15, 0.2) is 78.9 Å². The summed E-state index contributed by atoms with van der Waals surface area (Å²) in [5, 5.41) is 10.9. The molecule has 4 aromatic rings. The molecule has 2 amide bonds. The summed E-state index contributed by atoms with van der Waals surface area (Å²) in [6, 6.07) is 24.1. The standard InChI is InChI=1S/C28H27ClN4O3/c1-19-18-27(33(32-19)25-8-4-2-6-23(25)29)36-26-9-5-3-7-24(26)31-28(34)30-22-12-10-20(11-13-22)21-14-16-35-17-15-21/h2-13,18,21H,14-17H2,1H3,(H2,30,31,34). The summed E-state index contributed by atoms with van der Waals surface area (Å²) in [5.74, 6) is 1.48. The van der Waals surface area contributed by atoms with Crippen LogP contribution >= 0.6 is 11.6 Å². The van der Waals surface area contributed by atoms with E-state index >= 15 is 0 Å². The van der Waals surface area contributed by atoms with E-state index in [1.165, 1.54) is 5.56 Å². The summed E-state index contributed by atoms with van der Waals surface area (Å²) in [5.41, 5.74) is 3.99. The van der Waals surface area contributed by atoms with Crippen molar-refractivity contribution in [2.75, 3.05) is 23.8 Å². The monoisotopic (exact) mass is 502 g/mol. The number of nitrogens with one attached hydrogen (secondary N) is 2. The quantitative estimate of drug-likeness (QED) is 0.293. The third kappa shape index (κ3) is 5.53. The molecular weight excluding hydrogens is 476 g/mol. The van der Waals surface area contributed by atoms with Gasteiger partial charge in [0.15, 0.2) is 5.75 Å². The zero-order valence-corrected chi connectivity index (χ0v) is 20.7. The second-order valence-corrected chi connectivity index (χ2v) is 9.08. The van der Waals surface area contributed by atoms with Crippen LogP contribution in [0.5, 0.6) is 11.6 Å². The number of urea groups is 1. The van der Waals surface area contributed by atoms with Crippen molar-refractivity contribution in [3.8, 4) is 17.3 Å². The minimum Gasteiger partial charge on any atom is -0.437 e. The number of halogens is 1. The van der Waals surface area contributed by atoms with Gasteiger partial charge in [-0.15, -0.1) is 0 Å². The maximum Gasteiger partial charge on any atom is 0.323 e. The summed E-state index contributed by atoms with van der Waals surface area (Å²) in [6.45, 7) is 3.48. The van der Waals surface area contributed by atoms with Crippen molar-refractivity contribution in [2.24, 2.45) is 0 Å². The SMILES string of the molecule is Cc1cc(Oc2ccccc2NC(=O)Nc2ccc(C3CCOCC3)cc2)n(-c2ccccc2Cl)n1. The van der Waals surface area contributed by atoms with Crippen molar-refractivity contribution >= 4 is 29.0 Å². The molecule has 7 nitrogen and oxygen atoms in total. The van der Waals surface area contributed by atoms with Gasteiger partial charge < -0.3 is 20.1 Å². The van der Waals surface area contributed by atoms with Gasteiger partial charge >= 0.3 is 6.03 Å². The van der Waals surface area contributed by atoms with Crippen LogP contribution in [-0.4, -0.2) is 29.0 Å². The number of anilines is 2. The Labute approximate surface area is 215 Å². The predicted octanol–water partition coefficient (Wildman–Crippen LogP) is 7.16. The maximum atomic E-state index is 12.8. The van der Waals surface area contributed by atoms with Crippen LogP contribution in [0.2, 0.25) is 5.02 Å². The van der Waals surface area contributed by atoms with Gasteiger partial charge in [-0.1, -0.05) is 48.0 Å². The average Bonchev–Trinajstić information content (AvgIpc) is 3.26. The lowest BCUT2D eigenvalue weighted by Gasteiger charge is -2.22. The first-order valence-corrected chi connectivity index (χ1v) is 12.3. The summed E-state index contributed by atoms with van der Waals surface area (Å²) < 4.78 is 13.3. The highest BCUT2D eigenvalue weighted by Gasteiger charge is 2.17. The normalized spacial score (nSPS) is 13.8. The summed E-state index contributed by atoms with van der Waals surface area (Å²) in [7, 11) is 0. The van der Waals surface area contributed by atoms with Gasteiger partial charge in [-0.25, -0.2) is 4.79 Å². The fraction of sp³-hybridized carbons (Fsp3) is 0.214. The molecule has 0 radical (unpaired) electrons. The van der Waals surface area contributed by atoms with E-state index in [1.54, 1.807) is 22.9 Å². The van der Waals surface area contributed by atoms with E-state index in [9.17, 15) is 4.79 Å². The molecule has 1 fully saturated rings. The van der Waals surface area contributed by atoms with E-state index in [0.29, 0.717) is 39.6 Å². The smallest absolute Gasteiger partial charge is 0.323 e. The van der Waals surface area contributed by atoms with Crippen LogP contribution < -0.4 is 15.4 Å². The van der Waals surface area contributed by atoms with E-state index in [4.69, 9.17) is 21.1 Å². The largest absolute Gasteiger partial charge is 0.437 e. The molecule has 0 bridgehead atoms. The number of aromatic nitrogens is 2. The summed E-state index contributed by atoms with van der Waals surface area (Å²) >= 11 is 6.39. The molecule has 0 saturated carbocycles. The number of para-hydroxylation sites is 3. The number of rotatable bonds is 6. The molecule has 3 aromatic carbocycles. The van der Waals surface area contributed by atoms with Crippen LogP contribution in [0.1, 0.15) is 30.0 Å². The van der Waals surface area contributed by atoms with E-state index < -0.39 is 0 Å². The summed E-state index contributed by atoms with van der Waals surface area (Å²) in [6.07, 6.45) is 2.05. The van der Waals surface area contributed by atoms with Gasteiger partial charge in [-0.3, -0.25) is 0 Å². The van der Waals surface area contributed by atoms with Gasteiger partial charge in [0.25, 0.3) is 0 Å². The van der Waals surface area contributed by atoms with Crippen molar-refractivity contribution in [3.63, 3.8) is 0 Å². The molecule has 0 aliphatic carbocycles. The van der Waals surface area contributed by atoms with Crippen molar-refractivity contribution in [3.05, 3.63) is 95.1 Å². The number of benzene rings is 3. The number of aryl methyl sites for hydroxylation is 1. The highest BCUT2D eigenvalue weighted by molar-refractivity contribution is 6.32. The van der Waals surface area contributed by atoms with Crippen LogP contribution in [0.4, 0.5) is 16.2 Å². The fourth-order valence-corrected chi connectivity index (χ4v) is 4.49. The van der Waals surface area contributed by atoms with E-state index in [0.717, 1.165) is 31.7 Å². The molecule has 2 heterocycles. The average molecular weight is 503 g/mol. The first-order valence-electron chi connectivity index (χ1n) is 11.9. The van der Waals surface area contributed by atoms with Gasteiger partial charge in [0.05, 0.1) is 22.1 Å². The van der Waals surface area contributed by atoms with Gasteiger partial charge in [-0.2, -0.15) is 9.78 Å². The Morgan fingerprint density at radius 3 is 2.50 bits per heavy atom. The number of amides is 2. The number of carbonyl (C=O) groups is 1. The minimum absolute atomic E-state index is 0.361. The Balaban J connectivity index is 1.29. The molecule has 1 aliphatic heterocycles. The molecular formula is C28H27ClN4O3. The Hall–Kier alpha value is -3.81. The topological polar surface area (TPSA) is 77.4 Å².